The second-order valence-corrected chi connectivity index (χ2v) is 4.14. The maximum absolute atomic E-state index is 12.4. The highest BCUT2D eigenvalue weighted by Crippen LogP contribution is 2.30. The number of alkyl halides is 3. The molecule has 1 aromatic heterocycles. The third kappa shape index (κ3) is 3.51. The molecular weight excluding hydrogens is 295 g/mol. The molecule has 0 aliphatic rings. The first-order valence-corrected chi connectivity index (χ1v) is 5.79. The number of halogens is 4. The number of aromatic nitrogens is 2. The van der Waals surface area contributed by atoms with Gasteiger partial charge in [0, 0.05) is 11.8 Å². The Labute approximate surface area is 117 Å². The van der Waals surface area contributed by atoms with Crippen molar-refractivity contribution in [3.63, 3.8) is 0 Å². The molecule has 1 aromatic carbocycles. The van der Waals surface area contributed by atoms with Crippen molar-refractivity contribution in [2.75, 3.05) is 12.4 Å². The van der Waals surface area contributed by atoms with E-state index in [1.807, 2.05) is 0 Å². The Morgan fingerprint density at radius 3 is 2.35 bits per heavy atom. The number of anilines is 2. The molecule has 106 valence electrons. The predicted molar refractivity (Wildman–Crippen MR) is 68.3 cm³/mol. The van der Waals surface area contributed by atoms with Gasteiger partial charge in [0.25, 0.3) is 0 Å². The van der Waals surface area contributed by atoms with Crippen molar-refractivity contribution in [2.24, 2.45) is 0 Å². The standard InChI is InChI=1S/C12H9ClF3N3O/c1-20-10-6-9(13)18-11(19-10)17-8-4-2-7(3-5-8)12(14,15)16/h2-6H,1H3,(H,17,18,19). The van der Waals surface area contributed by atoms with Crippen molar-refractivity contribution < 1.29 is 17.9 Å². The number of rotatable bonds is 3. The maximum Gasteiger partial charge on any atom is 0.416 e. The van der Waals surface area contributed by atoms with E-state index in [9.17, 15) is 13.2 Å². The van der Waals surface area contributed by atoms with Crippen molar-refractivity contribution in [3.05, 3.63) is 41.0 Å². The van der Waals surface area contributed by atoms with Gasteiger partial charge in [-0.05, 0) is 24.3 Å². The molecule has 0 amide bonds. The first-order chi connectivity index (χ1) is 9.38. The highest BCUT2D eigenvalue weighted by atomic mass is 35.5. The molecule has 0 saturated heterocycles. The number of hydrogen-bond donors (Lipinski definition) is 1. The van der Waals surface area contributed by atoms with Gasteiger partial charge in [-0.2, -0.15) is 18.2 Å². The Morgan fingerprint density at radius 1 is 1.15 bits per heavy atom. The molecule has 0 bridgehead atoms. The SMILES string of the molecule is COc1cc(Cl)nc(Nc2ccc(C(F)(F)F)cc2)n1. The predicted octanol–water partition coefficient (Wildman–Crippen LogP) is 3.90. The average molecular weight is 304 g/mol. The molecule has 1 N–H and O–H groups in total. The number of nitrogens with one attached hydrogen (secondary N) is 1. The molecule has 2 aromatic rings. The molecule has 4 nitrogen and oxygen atoms in total. The van der Waals surface area contributed by atoms with Crippen LogP contribution in [0.25, 0.3) is 0 Å². The minimum Gasteiger partial charge on any atom is -0.481 e. The number of nitrogens with zero attached hydrogens (tertiary/aromatic N) is 2. The van der Waals surface area contributed by atoms with E-state index in [2.05, 4.69) is 15.3 Å². The van der Waals surface area contributed by atoms with Gasteiger partial charge in [-0.3, -0.25) is 0 Å². The molecule has 0 radical (unpaired) electrons. The van der Waals surface area contributed by atoms with Crippen LogP contribution in [-0.4, -0.2) is 17.1 Å². The maximum atomic E-state index is 12.4. The van der Waals surface area contributed by atoms with Crippen LogP contribution in [-0.2, 0) is 6.18 Å². The summed E-state index contributed by atoms with van der Waals surface area (Å²) in [6, 6.07) is 5.90. The lowest BCUT2D eigenvalue weighted by atomic mass is 10.2. The summed E-state index contributed by atoms with van der Waals surface area (Å²) in [7, 11) is 1.42. The summed E-state index contributed by atoms with van der Waals surface area (Å²) in [6.07, 6.45) is -4.37. The van der Waals surface area contributed by atoms with E-state index in [-0.39, 0.29) is 17.0 Å². The van der Waals surface area contributed by atoms with Crippen LogP contribution in [0.5, 0.6) is 5.88 Å². The van der Waals surface area contributed by atoms with E-state index in [0.717, 1.165) is 12.1 Å². The lowest BCUT2D eigenvalue weighted by Gasteiger charge is -2.09. The van der Waals surface area contributed by atoms with Gasteiger partial charge in [0.2, 0.25) is 11.8 Å². The van der Waals surface area contributed by atoms with Gasteiger partial charge in [-0.25, -0.2) is 4.98 Å². The van der Waals surface area contributed by atoms with Crippen LogP contribution < -0.4 is 10.1 Å². The highest BCUT2D eigenvalue weighted by Gasteiger charge is 2.29. The van der Waals surface area contributed by atoms with Gasteiger partial charge in [0.1, 0.15) is 5.15 Å². The molecule has 0 atom stereocenters. The lowest BCUT2D eigenvalue weighted by Crippen LogP contribution is -2.05. The van der Waals surface area contributed by atoms with E-state index in [1.165, 1.54) is 25.3 Å². The minimum atomic E-state index is -4.37. The molecule has 2 rings (SSSR count). The van der Waals surface area contributed by atoms with Crippen LogP contribution in [0.2, 0.25) is 5.15 Å². The van der Waals surface area contributed by atoms with Gasteiger partial charge in [0.15, 0.2) is 0 Å². The molecule has 0 fully saturated rings. The average Bonchev–Trinajstić information content (AvgIpc) is 2.37. The highest BCUT2D eigenvalue weighted by molar-refractivity contribution is 6.29. The fraction of sp³-hybridized carbons (Fsp3) is 0.167. The van der Waals surface area contributed by atoms with Crippen LogP contribution in [0, 0.1) is 0 Å². The zero-order valence-corrected chi connectivity index (χ0v) is 11.0. The molecule has 0 spiro atoms. The minimum absolute atomic E-state index is 0.133. The summed E-state index contributed by atoms with van der Waals surface area (Å²) >= 11 is 5.76. The first-order valence-electron chi connectivity index (χ1n) is 5.41. The summed E-state index contributed by atoms with van der Waals surface area (Å²) in [6.45, 7) is 0. The summed E-state index contributed by atoms with van der Waals surface area (Å²) < 4.78 is 42.2. The van der Waals surface area contributed by atoms with Crippen molar-refractivity contribution in [1.29, 1.82) is 0 Å². The Kier molecular flexibility index (Phi) is 3.99. The quantitative estimate of drug-likeness (QED) is 0.874. The largest absolute Gasteiger partial charge is 0.481 e. The van der Waals surface area contributed by atoms with Gasteiger partial charge in [-0.1, -0.05) is 11.6 Å². The third-order valence-electron chi connectivity index (χ3n) is 2.35. The Hall–Kier alpha value is -2.02. The van der Waals surface area contributed by atoms with E-state index in [4.69, 9.17) is 16.3 Å². The zero-order valence-electron chi connectivity index (χ0n) is 10.2. The van der Waals surface area contributed by atoms with E-state index < -0.39 is 11.7 Å². The first kappa shape index (κ1) is 14.4. The Balaban J connectivity index is 2.20. The Morgan fingerprint density at radius 2 is 1.80 bits per heavy atom. The van der Waals surface area contributed by atoms with Gasteiger partial charge >= 0.3 is 6.18 Å². The van der Waals surface area contributed by atoms with Crippen LogP contribution in [0.4, 0.5) is 24.8 Å². The summed E-state index contributed by atoms with van der Waals surface area (Å²) in [5.41, 5.74) is -0.324. The summed E-state index contributed by atoms with van der Waals surface area (Å²) in [5, 5.41) is 2.90. The smallest absolute Gasteiger partial charge is 0.416 e. The van der Waals surface area contributed by atoms with E-state index in [1.54, 1.807) is 0 Å². The normalized spacial score (nSPS) is 11.2. The lowest BCUT2D eigenvalue weighted by molar-refractivity contribution is -0.137. The number of hydrogen-bond acceptors (Lipinski definition) is 4. The zero-order chi connectivity index (χ0) is 14.8. The molecule has 0 aliphatic heterocycles. The number of methoxy groups -OCH3 is 1. The van der Waals surface area contributed by atoms with Crippen molar-refractivity contribution in [3.8, 4) is 5.88 Å². The van der Waals surface area contributed by atoms with Crippen molar-refractivity contribution in [2.45, 2.75) is 6.18 Å². The molecular formula is C12H9ClF3N3O. The van der Waals surface area contributed by atoms with Crippen molar-refractivity contribution in [1.82, 2.24) is 9.97 Å². The fourth-order valence-electron chi connectivity index (χ4n) is 1.43. The van der Waals surface area contributed by atoms with Crippen LogP contribution >= 0.6 is 11.6 Å². The monoisotopic (exact) mass is 303 g/mol. The van der Waals surface area contributed by atoms with E-state index in [0.29, 0.717) is 5.69 Å². The molecule has 0 saturated carbocycles. The molecule has 0 unspecified atom stereocenters. The molecule has 20 heavy (non-hydrogen) atoms. The molecule has 0 aliphatic carbocycles. The van der Waals surface area contributed by atoms with Crippen LogP contribution in [0.15, 0.2) is 30.3 Å². The fourth-order valence-corrected chi connectivity index (χ4v) is 1.60. The van der Waals surface area contributed by atoms with Crippen LogP contribution in [0.1, 0.15) is 5.56 Å². The Bertz CT molecular complexity index is 602. The summed E-state index contributed by atoms with van der Waals surface area (Å²) in [4.78, 5) is 7.86. The van der Waals surface area contributed by atoms with Crippen molar-refractivity contribution >= 4 is 23.2 Å². The van der Waals surface area contributed by atoms with Gasteiger partial charge in [0.05, 0.1) is 12.7 Å². The van der Waals surface area contributed by atoms with Crippen LogP contribution in [0.3, 0.4) is 0 Å². The van der Waals surface area contributed by atoms with Gasteiger partial charge in [-0.15, -0.1) is 0 Å². The third-order valence-corrected chi connectivity index (χ3v) is 2.54. The summed E-state index contributed by atoms with van der Waals surface area (Å²) in [5.74, 6) is 0.383. The second kappa shape index (κ2) is 5.54. The number of benzene rings is 1. The molecule has 1 heterocycles. The second-order valence-electron chi connectivity index (χ2n) is 3.76. The molecule has 8 heteroatoms. The van der Waals surface area contributed by atoms with Gasteiger partial charge < -0.3 is 10.1 Å². The number of ether oxygens (including phenoxy) is 1. The topological polar surface area (TPSA) is 47.0 Å². The van der Waals surface area contributed by atoms with E-state index >= 15 is 0 Å².